The molecule has 4 aromatic rings. The van der Waals surface area contributed by atoms with Gasteiger partial charge in [-0.25, -0.2) is 0 Å². The second-order valence-corrected chi connectivity index (χ2v) is 10.9. The number of nitriles is 2. The molecule has 228 valence electrons. The zero-order chi connectivity index (χ0) is 31.5. The van der Waals surface area contributed by atoms with Crippen molar-refractivity contribution in [2.24, 2.45) is 11.5 Å². The number of nitrogens with two attached hydrogens (primary N) is 2. The summed E-state index contributed by atoms with van der Waals surface area (Å²) in [5, 5.41) is 33.8. The molecule has 6 N–H and O–H groups in total. The number of hydrogen-bond acceptors (Lipinski definition) is 10. The van der Waals surface area contributed by atoms with Gasteiger partial charge in [0.15, 0.2) is 0 Å². The van der Waals surface area contributed by atoms with E-state index in [1.807, 2.05) is 62.4 Å². The predicted octanol–water partition coefficient (Wildman–Crippen LogP) is 4.81. The third-order valence-electron chi connectivity index (χ3n) is 7.97. The molecule has 0 amide bonds. The van der Waals surface area contributed by atoms with Crippen LogP contribution in [0.4, 0.5) is 0 Å². The monoisotopic (exact) mass is 604 g/mol. The van der Waals surface area contributed by atoms with E-state index in [0.717, 1.165) is 52.9 Å². The number of ether oxygens (including phenoxy) is 4. The number of hydrogen-bond donors (Lipinski definition) is 4. The van der Waals surface area contributed by atoms with Gasteiger partial charge in [0.2, 0.25) is 23.5 Å². The zero-order valence-electron chi connectivity index (χ0n) is 24.9. The minimum atomic E-state index is -0.395. The number of fused-ring (bicyclic) bond motifs is 2. The molecular formula is C33H32N8O4. The Morgan fingerprint density at radius 3 is 1.60 bits per heavy atom. The summed E-state index contributed by atoms with van der Waals surface area (Å²) < 4.78 is 23.2. The summed E-state index contributed by atoms with van der Waals surface area (Å²) in [4.78, 5) is 0. The highest BCUT2D eigenvalue weighted by molar-refractivity contribution is 5.57. The van der Waals surface area contributed by atoms with Crippen molar-refractivity contribution in [1.29, 1.82) is 10.5 Å². The summed E-state index contributed by atoms with van der Waals surface area (Å²) in [6, 6.07) is 19.8. The van der Waals surface area contributed by atoms with E-state index in [2.05, 4.69) is 32.5 Å². The first kappa shape index (κ1) is 29.2. The second-order valence-electron chi connectivity index (χ2n) is 10.9. The molecule has 12 nitrogen and oxygen atoms in total. The van der Waals surface area contributed by atoms with E-state index in [0.29, 0.717) is 47.6 Å². The summed E-state index contributed by atoms with van der Waals surface area (Å²) in [7, 11) is 0. The standard InChI is InChI=1S/C33H32N8O4/c1-18-26-28(24(16-34)30(36)44-32(26)40-38-18)20-8-6-10-22(14-20)42-12-4-3-5-13-43-23-11-7-9-21(15-23)29-25(17-35)31(37)45-33-27(29)19(2)39-41-33/h6-11,14-15,28-29H,3-5,12-13,36-37H2,1-2H3,(H,38,40)(H,39,41). The highest BCUT2D eigenvalue weighted by atomic mass is 16.5. The molecule has 2 aromatic heterocycles. The summed E-state index contributed by atoms with van der Waals surface area (Å²) >= 11 is 0. The topological polar surface area (TPSA) is 194 Å². The van der Waals surface area contributed by atoms with Crippen LogP contribution in [0.2, 0.25) is 0 Å². The summed E-state index contributed by atoms with van der Waals surface area (Å²) in [5.41, 5.74) is 17.7. The average molecular weight is 605 g/mol. The van der Waals surface area contributed by atoms with E-state index in [1.165, 1.54) is 0 Å². The van der Waals surface area contributed by atoms with Crippen molar-refractivity contribution in [3.05, 3.63) is 105 Å². The normalized spacial score (nSPS) is 17.0. The summed E-state index contributed by atoms with van der Waals surface area (Å²) in [5.74, 6) is 1.51. The van der Waals surface area contributed by atoms with Crippen molar-refractivity contribution in [3.63, 3.8) is 0 Å². The lowest BCUT2D eigenvalue weighted by Gasteiger charge is -2.24. The Hall–Kier alpha value is -5.88. The van der Waals surface area contributed by atoms with Gasteiger partial charge in [-0.05, 0) is 68.5 Å². The number of rotatable bonds is 10. The highest BCUT2D eigenvalue weighted by Gasteiger charge is 2.35. The fourth-order valence-corrected chi connectivity index (χ4v) is 5.79. The maximum absolute atomic E-state index is 9.81. The van der Waals surface area contributed by atoms with Gasteiger partial charge in [-0.1, -0.05) is 24.3 Å². The van der Waals surface area contributed by atoms with Crippen LogP contribution in [0.15, 0.2) is 71.4 Å². The first-order chi connectivity index (χ1) is 21.9. The smallest absolute Gasteiger partial charge is 0.244 e. The quantitative estimate of drug-likeness (QED) is 0.182. The molecule has 2 aliphatic heterocycles. The lowest BCUT2D eigenvalue weighted by molar-refractivity contribution is 0.279. The Labute approximate surface area is 259 Å². The molecule has 0 spiro atoms. The third kappa shape index (κ3) is 5.61. The second kappa shape index (κ2) is 12.4. The number of nitrogens with zero attached hydrogens (tertiary/aromatic N) is 4. The Bertz CT molecular complexity index is 1750. The molecule has 6 rings (SSSR count). The Morgan fingerprint density at radius 1 is 0.733 bits per heavy atom. The van der Waals surface area contributed by atoms with Crippen LogP contribution in [-0.2, 0) is 0 Å². The van der Waals surface area contributed by atoms with Crippen molar-refractivity contribution >= 4 is 0 Å². The Morgan fingerprint density at radius 2 is 1.18 bits per heavy atom. The van der Waals surface area contributed by atoms with Gasteiger partial charge in [0.05, 0.1) is 25.0 Å². The first-order valence-corrected chi connectivity index (χ1v) is 14.6. The molecule has 0 fully saturated rings. The summed E-state index contributed by atoms with van der Waals surface area (Å²) in [6.45, 7) is 4.85. The maximum Gasteiger partial charge on any atom is 0.244 e. The minimum absolute atomic E-state index is 0.0565. The predicted molar refractivity (Wildman–Crippen MR) is 163 cm³/mol. The first-order valence-electron chi connectivity index (χ1n) is 14.6. The van der Waals surface area contributed by atoms with E-state index in [4.69, 9.17) is 30.4 Å². The van der Waals surface area contributed by atoms with Crippen molar-refractivity contribution in [2.45, 2.75) is 44.9 Å². The number of benzene rings is 2. The van der Waals surface area contributed by atoms with Crippen LogP contribution in [0.5, 0.6) is 23.3 Å². The molecule has 2 atom stereocenters. The number of aryl methyl sites for hydroxylation is 2. The minimum Gasteiger partial charge on any atom is -0.494 e. The largest absolute Gasteiger partial charge is 0.494 e. The number of aromatic nitrogens is 4. The van der Waals surface area contributed by atoms with E-state index in [-0.39, 0.29) is 11.8 Å². The van der Waals surface area contributed by atoms with Crippen molar-refractivity contribution in [1.82, 2.24) is 20.4 Å². The lowest BCUT2D eigenvalue weighted by atomic mass is 9.84. The number of nitrogens with one attached hydrogen (secondary N) is 2. The molecule has 0 saturated carbocycles. The molecule has 12 heteroatoms. The van der Waals surface area contributed by atoms with Gasteiger partial charge in [0, 0.05) is 22.5 Å². The van der Waals surface area contributed by atoms with E-state index in [1.54, 1.807) is 0 Å². The van der Waals surface area contributed by atoms with Gasteiger partial charge in [-0.15, -0.1) is 10.2 Å². The van der Waals surface area contributed by atoms with E-state index < -0.39 is 11.8 Å². The molecule has 0 radical (unpaired) electrons. The number of unbranched alkanes of at least 4 members (excludes halogenated alkanes) is 2. The van der Waals surface area contributed by atoms with Crippen LogP contribution in [-0.4, -0.2) is 33.6 Å². The molecule has 0 saturated heterocycles. The Kier molecular flexibility index (Phi) is 8.04. The summed E-state index contributed by atoms with van der Waals surface area (Å²) in [6.07, 6.45) is 2.59. The number of allylic oxidation sites excluding steroid dienone is 2. The van der Waals surface area contributed by atoms with Crippen molar-refractivity contribution in [2.75, 3.05) is 13.2 Å². The lowest BCUT2D eigenvalue weighted by Crippen LogP contribution is -2.21. The number of aromatic amines is 2. The SMILES string of the molecule is Cc1[nH]nc2c1C(c1cccc(OCCCCCOc3cccc(C4C(C#N)=C(N)Oc5n[nH]c(C)c54)c3)c1)C(C#N)=C(N)O2. The van der Waals surface area contributed by atoms with Gasteiger partial charge in [0.1, 0.15) is 34.8 Å². The zero-order valence-corrected chi connectivity index (χ0v) is 24.9. The molecule has 2 aromatic carbocycles. The average Bonchev–Trinajstić information content (AvgIpc) is 3.60. The van der Waals surface area contributed by atoms with Crippen molar-refractivity contribution in [3.8, 4) is 35.4 Å². The van der Waals surface area contributed by atoms with Crippen LogP contribution in [0.1, 0.15) is 64.7 Å². The van der Waals surface area contributed by atoms with Gasteiger partial charge in [0.25, 0.3) is 0 Å². The fourth-order valence-electron chi connectivity index (χ4n) is 5.79. The van der Waals surface area contributed by atoms with Crippen LogP contribution < -0.4 is 30.4 Å². The molecule has 0 aliphatic carbocycles. The molecule has 2 unspecified atom stereocenters. The molecule has 45 heavy (non-hydrogen) atoms. The van der Waals surface area contributed by atoms with Crippen LogP contribution >= 0.6 is 0 Å². The molecule has 4 heterocycles. The van der Waals surface area contributed by atoms with Gasteiger partial charge < -0.3 is 30.4 Å². The van der Waals surface area contributed by atoms with Gasteiger partial charge in [-0.3, -0.25) is 10.2 Å². The fraction of sp³-hybridized carbons (Fsp3) is 0.273. The van der Waals surface area contributed by atoms with Crippen LogP contribution in [0, 0.1) is 36.5 Å². The van der Waals surface area contributed by atoms with E-state index in [9.17, 15) is 10.5 Å². The third-order valence-corrected chi connectivity index (χ3v) is 7.97. The Balaban J connectivity index is 1.02. The van der Waals surface area contributed by atoms with E-state index >= 15 is 0 Å². The van der Waals surface area contributed by atoms with Crippen LogP contribution in [0.3, 0.4) is 0 Å². The van der Waals surface area contributed by atoms with Crippen molar-refractivity contribution < 1.29 is 18.9 Å². The maximum atomic E-state index is 9.81. The highest BCUT2D eigenvalue weighted by Crippen LogP contribution is 2.44. The molecule has 2 aliphatic rings. The molecule has 0 bridgehead atoms. The van der Waals surface area contributed by atoms with Gasteiger partial charge in [-0.2, -0.15) is 10.5 Å². The van der Waals surface area contributed by atoms with Gasteiger partial charge >= 0.3 is 0 Å². The van der Waals surface area contributed by atoms with Crippen LogP contribution in [0.25, 0.3) is 0 Å². The molecular weight excluding hydrogens is 572 g/mol. The number of H-pyrrole nitrogens is 2.